The summed E-state index contributed by atoms with van der Waals surface area (Å²) in [6.07, 6.45) is 0.575. The van der Waals surface area contributed by atoms with E-state index in [1.54, 1.807) is 37.3 Å². The van der Waals surface area contributed by atoms with Crippen LogP contribution >= 0.6 is 0 Å². The van der Waals surface area contributed by atoms with Gasteiger partial charge in [-0.2, -0.15) is 13.2 Å². The topological polar surface area (TPSA) is 114 Å². The van der Waals surface area contributed by atoms with E-state index >= 15 is 0 Å². The lowest BCUT2D eigenvalue weighted by molar-refractivity contribution is -0.137. The molecule has 0 saturated heterocycles. The van der Waals surface area contributed by atoms with Crippen LogP contribution in [0.2, 0.25) is 0 Å². The molecule has 3 aromatic rings. The maximum Gasteiger partial charge on any atom is 0.417 e. The van der Waals surface area contributed by atoms with Crippen LogP contribution in [0.4, 0.5) is 24.8 Å². The van der Waals surface area contributed by atoms with Crippen LogP contribution in [0.5, 0.6) is 0 Å². The second-order valence-corrected chi connectivity index (χ2v) is 10.1. The highest BCUT2D eigenvalue weighted by molar-refractivity contribution is 7.93. The van der Waals surface area contributed by atoms with Gasteiger partial charge in [0.1, 0.15) is 0 Å². The first-order valence-corrected chi connectivity index (χ1v) is 12.4. The van der Waals surface area contributed by atoms with Gasteiger partial charge in [-0.25, -0.2) is 18.4 Å². The van der Waals surface area contributed by atoms with E-state index in [1.807, 2.05) is 0 Å². The number of hydrogen-bond acceptors (Lipinski definition) is 6. The molecule has 1 fully saturated rings. The number of carbonyl (C=O) groups excluding carboxylic acids is 1. The minimum Gasteiger partial charge on any atom is -0.326 e. The maximum absolute atomic E-state index is 13.0. The van der Waals surface area contributed by atoms with Crippen molar-refractivity contribution in [2.45, 2.75) is 43.5 Å². The Kier molecular flexibility index (Phi) is 6.75. The Balaban J connectivity index is 1.47. The normalized spacial score (nSPS) is 14.9. The molecule has 1 saturated carbocycles. The Morgan fingerprint density at radius 1 is 1.11 bits per heavy atom. The van der Waals surface area contributed by atoms with Gasteiger partial charge in [0, 0.05) is 29.8 Å². The molecule has 1 atom stereocenters. The second-order valence-electron chi connectivity index (χ2n) is 8.14. The maximum atomic E-state index is 13.0. The first-order chi connectivity index (χ1) is 16.6. The second kappa shape index (κ2) is 9.61. The molecule has 0 spiro atoms. The van der Waals surface area contributed by atoms with Crippen molar-refractivity contribution in [2.75, 3.05) is 10.0 Å². The van der Waals surface area contributed by atoms with Gasteiger partial charge < -0.3 is 5.32 Å². The smallest absolute Gasteiger partial charge is 0.326 e. The summed E-state index contributed by atoms with van der Waals surface area (Å²) in [6, 6.07) is 8.89. The molecule has 184 valence electrons. The predicted octanol–water partition coefficient (Wildman–Crippen LogP) is 4.59. The van der Waals surface area contributed by atoms with Crippen molar-refractivity contribution < 1.29 is 26.4 Å². The van der Waals surface area contributed by atoms with Gasteiger partial charge in [-0.1, -0.05) is 19.1 Å². The van der Waals surface area contributed by atoms with E-state index in [0.717, 1.165) is 12.3 Å². The Morgan fingerprint density at radius 2 is 1.83 bits per heavy atom. The van der Waals surface area contributed by atoms with Gasteiger partial charge in [-0.15, -0.1) is 0 Å². The number of nitrogens with one attached hydrogen (secondary N) is 2. The number of halogens is 3. The predicted molar refractivity (Wildman–Crippen MR) is 124 cm³/mol. The number of sulfonamides is 1. The van der Waals surface area contributed by atoms with Gasteiger partial charge in [-0.3, -0.25) is 14.5 Å². The van der Waals surface area contributed by atoms with Crippen LogP contribution in [0, 0.1) is 0 Å². The highest BCUT2D eigenvalue weighted by atomic mass is 32.2. The number of benzene rings is 1. The number of carbonyl (C=O) groups is 1. The summed E-state index contributed by atoms with van der Waals surface area (Å²) in [5.41, 5.74) is 0.770. The highest BCUT2D eigenvalue weighted by Gasteiger charge is 2.36. The van der Waals surface area contributed by atoms with Crippen molar-refractivity contribution in [1.29, 1.82) is 0 Å². The average molecular weight is 506 g/mol. The lowest BCUT2D eigenvalue weighted by atomic mass is 10.0. The van der Waals surface area contributed by atoms with Gasteiger partial charge >= 0.3 is 6.18 Å². The molecule has 1 unspecified atom stereocenters. The van der Waals surface area contributed by atoms with Crippen LogP contribution in [-0.4, -0.2) is 34.5 Å². The molecule has 1 amide bonds. The molecular formula is C23H22F3N5O3S. The van der Waals surface area contributed by atoms with Gasteiger partial charge in [0.05, 0.1) is 22.4 Å². The molecule has 35 heavy (non-hydrogen) atoms. The van der Waals surface area contributed by atoms with Crippen LogP contribution < -0.4 is 10.0 Å². The Labute approximate surface area is 200 Å². The summed E-state index contributed by atoms with van der Waals surface area (Å²) < 4.78 is 65.5. The first kappa shape index (κ1) is 24.6. The quantitative estimate of drug-likeness (QED) is 0.463. The number of aromatic nitrogens is 3. The van der Waals surface area contributed by atoms with E-state index in [-0.39, 0.29) is 11.9 Å². The van der Waals surface area contributed by atoms with Crippen molar-refractivity contribution >= 4 is 27.6 Å². The van der Waals surface area contributed by atoms with Crippen LogP contribution in [-0.2, 0) is 21.0 Å². The summed E-state index contributed by atoms with van der Waals surface area (Å²) in [7, 11) is -3.54. The fourth-order valence-corrected chi connectivity index (χ4v) is 4.74. The summed E-state index contributed by atoms with van der Waals surface area (Å²) >= 11 is 0. The molecule has 8 nitrogen and oxygen atoms in total. The zero-order chi connectivity index (χ0) is 25.2. The number of amides is 1. The van der Waals surface area contributed by atoms with Crippen LogP contribution in [0.15, 0.2) is 55.0 Å². The Hall–Kier alpha value is -3.54. The SMILES string of the molecule is CCC(C(=O)Nc1ccc(-c2cncc(C(F)(F)F)c2)cc1)c1ccnc(NS(=O)(=O)C2CC2)n1. The number of hydrogen-bond donors (Lipinski definition) is 2. The highest BCUT2D eigenvalue weighted by Crippen LogP contribution is 2.32. The zero-order valence-electron chi connectivity index (χ0n) is 18.6. The van der Waals surface area contributed by atoms with Gasteiger partial charge in [0.25, 0.3) is 0 Å². The standard InChI is InChI=1S/C23H22F3N5O3S/c1-2-19(20-9-10-28-22(30-20)31-35(33,34)18-7-8-18)21(32)29-17-5-3-14(4-6-17)15-11-16(13-27-12-15)23(24,25)26/h3-6,9-13,18-19H,2,7-8H2,1H3,(H,29,32)(H,28,30,31). The fourth-order valence-electron chi connectivity index (χ4n) is 3.46. The zero-order valence-corrected chi connectivity index (χ0v) is 19.4. The molecular weight excluding hydrogens is 483 g/mol. The van der Waals surface area contributed by atoms with Crippen molar-refractivity contribution in [2.24, 2.45) is 0 Å². The molecule has 1 aromatic carbocycles. The van der Waals surface area contributed by atoms with E-state index in [0.29, 0.717) is 41.8 Å². The fraction of sp³-hybridized carbons (Fsp3) is 0.304. The number of rotatable bonds is 8. The molecule has 2 N–H and O–H groups in total. The van der Waals surface area contributed by atoms with Crippen LogP contribution in [0.3, 0.4) is 0 Å². The molecule has 2 aromatic heterocycles. The van der Waals surface area contributed by atoms with E-state index < -0.39 is 32.9 Å². The molecule has 1 aliphatic carbocycles. The molecule has 4 rings (SSSR count). The number of anilines is 2. The molecule has 2 heterocycles. The van der Waals surface area contributed by atoms with E-state index in [2.05, 4.69) is 25.0 Å². The summed E-state index contributed by atoms with van der Waals surface area (Å²) in [5, 5.41) is 2.33. The number of alkyl halides is 3. The third-order valence-corrected chi connectivity index (χ3v) is 7.32. The largest absolute Gasteiger partial charge is 0.417 e. The van der Waals surface area contributed by atoms with Gasteiger partial charge in [-0.05, 0) is 49.1 Å². The van der Waals surface area contributed by atoms with E-state index in [4.69, 9.17) is 0 Å². The average Bonchev–Trinajstić information content (AvgIpc) is 3.66. The molecule has 12 heteroatoms. The molecule has 0 radical (unpaired) electrons. The first-order valence-electron chi connectivity index (χ1n) is 10.8. The molecule has 0 aliphatic heterocycles. The molecule has 0 bridgehead atoms. The molecule has 1 aliphatic rings. The number of nitrogens with zero attached hydrogens (tertiary/aromatic N) is 3. The van der Waals surface area contributed by atoms with Crippen molar-refractivity contribution in [3.63, 3.8) is 0 Å². The summed E-state index contributed by atoms with van der Waals surface area (Å²) in [5.74, 6) is -1.12. The third kappa shape index (κ3) is 5.94. The van der Waals surface area contributed by atoms with E-state index in [1.165, 1.54) is 12.4 Å². The minimum absolute atomic E-state index is 0.0836. The summed E-state index contributed by atoms with van der Waals surface area (Å²) in [6.45, 7) is 1.80. The van der Waals surface area contributed by atoms with Crippen LogP contribution in [0.25, 0.3) is 11.1 Å². The monoisotopic (exact) mass is 505 g/mol. The lowest BCUT2D eigenvalue weighted by Crippen LogP contribution is -2.23. The Bertz CT molecular complexity index is 1330. The van der Waals surface area contributed by atoms with Crippen LogP contribution in [0.1, 0.15) is 43.4 Å². The minimum atomic E-state index is -4.50. The van der Waals surface area contributed by atoms with Crippen molar-refractivity contribution in [1.82, 2.24) is 15.0 Å². The van der Waals surface area contributed by atoms with Crippen molar-refractivity contribution in [3.05, 3.63) is 66.2 Å². The van der Waals surface area contributed by atoms with Gasteiger partial charge in [0.15, 0.2) is 0 Å². The summed E-state index contributed by atoms with van der Waals surface area (Å²) in [4.78, 5) is 24.8. The Morgan fingerprint density at radius 3 is 2.46 bits per heavy atom. The van der Waals surface area contributed by atoms with Crippen molar-refractivity contribution in [3.8, 4) is 11.1 Å². The lowest BCUT2D eigenvalue weighted by Gasteiger charge is -2.16. The van der Waals surface area contributed by atoms with E-state index in [9.17, 15) is 26.4 Å². The van der Waals surface area contributed by atoms with Gasteiger partial charge in [0.2, 0.25) is 21.9 Å². The number of pyridine rings is 1. The third-order valence-electron chi connectivity index (χ3n) is 5.51.